The molecule has 1 aliphatic heterocycles. The molecule has 1 saturated heterocycles. The van der Waals surface area contributed by atoms with E-state index in [2.05, 4.69) is 35.2 Å². The summed E-state index contributed by atoms with van der Waals surface area (Å²) in [6.07, 6.45) is 4.77. The maximum Gasteiger partial charge on any atom is 0.237 e. The number of carbonyl (C=O) groups is 1. The summed E-state index contributed by atoms with van der Waals surface area (Å²) in [6.45, 7) is 4.16. The number of hydrogen-bond acceptors (Lipinski definition) is 2. The first-order chi connectivity index (χ1) is 10.8. The molecule has 120 valence electrons. The van der Waals surface area contributed by atoms with E-state index in [4.69, 9.17) is 11.6 Å². The van der Waals surface area contributed by atoms with Crippen LogP contribution in [0.1, 0.15) is 31.2 Å². The van der Waals surface area contributed by atoms with Gasteiger partial charge in [0.25, 0.3) is 0 Å². The largest absolute Gasteiger partial charge is 0.338 e. The maximum absolute atomic E-state index is 12.0. The lowest BCUT2D eigenvalue weighted by molar-refractivity contribution is -0.130. The number of amides is 1. The highest BCUT2D eigenvalue weighted by atomic mass is 35.5. The van der Waals surface area contributed by atoms with E-state index >= 15 is 0 Å². The Morgan fingerprint density at radius 1 is 1.23 bits per heavy atom. The molecule has 22 heavy (non-hydrogen) atoms. The molecule has 1 atom stereocenters. The van der Waals surface area contributed by atoms with Crippen molar-refractivity contribution in [2.24, 2.45) is 5.92 Å². The maximum atomic E-state index is 12.0. The lowest BCUT2D eigenvalue weighted by Crippen LogP contribution is -2.44. The Kier molecular flexibility index (Phi) is 5.37. The number of benzene rings is 1. The van der Waals surface area contributed by atoms with E-state index in [1.165, 1.54) is 18.4 Å². The van der Waals surface area contributed by atoms with Crippen LogP contribution in [-0.2, 0) is 11.3 Å². The van der Waals surface area contributed by atoms with Gasteiger partial charge >= 0.3 is 0 Å². The Labute approximate surface area is 138 Å². The lowest BCUT2D eigenvalue weighted by Gasteiger charge is -2.35. The van der Waals surface area contributed by atoms with Crippen molar-refractivity contribution >= 4 is 17.5 Å². The number of hydrogen-bond donors (Lipinski definition) is 0. The first-order valence-electron chi connectivity index (χ1n) is 8.38. The fourth-order valence-corrected chi connectivity index (χ4v) is 3.63. The second kappa shape index (κ2) is 7.47. The third kappa shape index (κ3) is 4.23. The molecular formula is C18H25ClN2O. The normalized spacial score (nSPS) is 22.5. The standard InChI is InChI=1S/C18H25ClN2O/c19-11-18(22)21(17-8-9-17)14-16-7-4-10-20(13-16)12-15-5-2-1-3-6-15/h1-3,5-6,16-17H,4,7-14H2/t16-/m1/s1. The number of likely N-dealkylation sites (tertiary alicyclic amines) is 1. The highest BCUT2D eigenvalue weighted by Gasteiger charge is 2.34. The van der Waals surface area contributed by atoms with Crippen molar-refractivity contribution in [3.8, 4) is 0 Å². The molecule has 0 radical (unpaired) electrons. The molecule has 0 bridgehead atoms. The molecule has 3 rings (SSSR count). The molecule has 2 fully saturated rings. The van der Waals surface area contributed by atoms with Gasteiger partial charge in [0.1, 0.15) is 5.88 Å². The molecule has 0 aromatic heterocycles. The summed E-state index contributed by atoms with van der Waals surface area (Å²) in [5, 5.41) is 0. The van der Waals surface area contributed by atoms with Crippen molar-refractivity contribution in [1.29, 1.82) is 0 Å². The average Bonchev–Trinajstić information content (AvgIpc) is 3.38. The van der Waals surface area contributed by atoms with Crippen LogP contribution >= 0.6 is 11.6 Å². The van der Waals surface area contributed by atoms with Crippen molar-refractivity contribution in [2.75, 3.05) is 25.5 Å². The number of carbonyl (C=O) groups excluding carboxylic acids is 1. The second-order valence-electron chi connectivity index (χ2n) is 6.64. The van der Waals surface area contributed by atoms with Crippen molar-refractivity contribution in [3.63, 3.8) is 0 Å². The van der Waals surface area contributed by atoms with Crippen LogP contribution in [0.15, 0.2) is 30.3 Å². The fourth-order valence-electron chi connectivity index (χ4n) is 3.48. The van der Waals surface area contributed by atoms with E-state index in [1.54, 1.807) is 0 Å². The number of piperidine rings is 1. The van der Waals surface area contributed by atoms with Crippen LogP contribution in [0.3, 0.4) is 0 Å². The molecule has 1 aromatic rings. The summed E-state index contributed by atoms with van der Waals surface area (Å²) >= 11 is 5.77. The lowest BCUT2D eigenvalue weighted by atomic mass is 9.96. The van der Waals surface area contributed by atoms with Crippen LogP contribution in [-0.4, -0.2) is 47.3 Å². The first-order valence-corrected chi connectivity index (χ1v) is 8.91. The zero-order chi connectivity index (χ0) is 15.4. The minimum absolute atomic E-state index is 0.115. The van der Waals surface area contributed by atoms with Gasteiger partial charge in [-0.15, -0.1) is 11.6 Å². The molecular weight excluding hydrogens is 296 g/mol. The van der Waals surface area contributed by atoms with E-state index in [1.807, 2.05) is 4.90 Å². The van der Waals surface area contributed by atoms with Crippen LogP contribution in [0.4, 0.5) is 0 Å². The number of halogens is 1. The minimum atomic E-state index is 0.115. The zero-order valence-electron chi connectivity index (χ0n) is 13.1. The van der Waals surface area contributed by atoms with Crippen LogP contribution in [0.2, 0.25) is 0 Å². The van der Waals surface area contributed by atoms with Gasteiger partial charge in [0, 0.05) is 25.7 Å². The van der Waals surface area contributed by atoms with Crippen LogP contribution in [0, 0.1) is 5.92 Å². The number of rotatable bonds is 6. The molecule has 1 amide bonds. The Morgan fingerprint density at radius 2 is 2.00 bits per heavy atom. The molecule has 0 N–H and O–H groups in total. The van der Waals surface area contributed by atoms with E-state index in [0.717, 1.165) is 39.0 Å². The predicted octanol–water partition coefficient (Wildman–Crippen LogP) is 3.13. The van der Waals surface area contributed by atoms with Gasteiger partial charge in [0.05, 0.1) is 0 Å². The van der Waals surface area contributed by atoms with Crippen LogP contribution in [0.5, 0.6) is 0 Å². The summed E-state index contributed by atoms with van der Waals surface area (Å²) in [5.41, 5.74) is 1.37. The van der Waals surface area contributed by atoms with Crippen molar-refractivity contribution in [1.82, 2.24) is 9.80 Å². The topological polar surface area (TPSA) is 23.6 Å². The van der Waals surface area contributed by atoms with Crippen LogP contribution < -0.4 is 0 Å². The monoisotopic (exact) mass is 320 g/mol. The third-order valence-corrected chi connectivity index (χ3v) is 4.96. The first kappa shape index (κ1) is 15.8. The smallest absolute Gasteiger partial charge is 0.237 e. The Balaban J connectivity index is 1.54. The molecule has 1 heterocycles. The van der Waals surface area contributed by atoms with Gasteiger partial charge in [-0.2, -0.15) is 0 Å². The van der Waals surface area contributed by atoms with E-state index < -0.39 is 0 Å². The molecule has 0 unspecified atom stereocenters. The molecule has 1 aliphatic carbocycles. The summed E-state index contributed by atoms with van der Waals surface area (Å²) in [5.74, 6) is 0.825. The Bertz CT molecular complexity index is 489. The molecule has 0 spiro atoms. The number of alkyl halides is 1. The van der Waals surface area contributed by atoms with Gasteiger partial charge < -0.3 is 4.90 Å². The SMILES string of the molecule is O=C(CCl)N(C[C@@H]1CCCN(Cc2ccccc2)C1)C1CC1. The van der Waals surface area contributed by atoms with Gasteiger partial charge in [-0.25, -0.2) is 0 Å². The molecule has 1 aromatic carbocycles. The third-order valence-electron chi connectivity index (χ3n) is 4.73. The molecule has 3 nitrogen and oxygen atoms in total. The molecule has 1 saturated carbocycles. The van der Waals surface area contributed by atoms with Crippen molar-refractivity contribution in [3.05, 3.63) is 35.9 Å². The summed E-state index contributed by atoms with van der Waals surface area (Å²) in [4.78, 5) is 16.6. The highest BCUT2D eigenvalue weighted by Crippen LogP contribution is 2.29. The quantitative estimate of drug-likeness (QED) is 0.752. The van der Waals surface area contributed by atoms with E-state index in [-0.39, 0.29) is 11.8 Å². The van der Waals surface area contributed by atoms with Gasteiger partial charge in [0.15, 0.2) is 0 Å². The zero-order valence-corrected chi connectivity index (χ0v) is 13.8. The fraction of sp³-hybridized carbons (Fsp3) is 0.611. The Morgan fingerprint density at radius 3 is 2.68 bits per heavy atom. The highest BCUT2D eigenvalue weighted by molar-refractivity contribution is 6.27. The Hall–Kier alpha value is -1.06. The van der Waals surface area contributed by atoms with Gasteiger partial charge in [-0.1, -0.05) is 30.3 Å². The van der Waals surface area contributed by atoms with Crippen molar-refractivity contribution in [2.45, 2.75) is 38.3 Å². The van der Waals surface area contributed by atoms with Gasteiger partial charge in [0.2, 0.25) is 5.91 Å². The van der Waals surface area contributed by atoms with Crippen molar-refractivity contribution < 1.29 is 4.79 Å². The minimum Gasteiger partial charge on any atom is -0.338 e. The van der Waals surface area contributed by atoms with Gasteiger partial charge in [-0.3, -0.25) is 9.69 Å². The second-order valence-corrected chi connectivity index (χ2v) is 6.91. The molecule has 2 aliphatic rings. The van der Waals surface area contributed by atoms with E-state index in [9.17, 15) is 4.79 Å². The predicted molar refractivity (Wildman–Crippen MR) is 89.9 cm³/mol. The van der Waals surface area contributed by atoms with Crippen LogP contribution in [0.25, 0.3) is 0 Å². The summed E-state index contributed by atoms with van der Waals surface area (Å²) in [6, 6.07) is 11.1. The summed E-state index contributed by atoms with van der Waals surface area (Å²) in [7, 11) is 0. The van der Waals surface area contributed by atoms with Gasteiger partial charge in [-0.05, 0) is 43.7 Å². The average molecular weight is 321 g/mol. The molecule has 4 heteroatoms. The number of nitrogens with zero attached hydrogens (tertiary/aromatic N) is 2. The summed E-state index contributed by atoms with van der Waals surface area (Å²) < 4.78 is 0. The van der Waals surface area contributed by atoms with E-state index in [0.29, 0.717) is 12.0 Å².